The summed E-state index contributed by atoms with van der Waals surface area (Å²) in [5, 5.41) is 4.46. The Morgan fingerprint density at radius 3 is 2.89 bits per heavy atom. The smallest absolute Gasteiger partial charge is 0.0641 e. The van der Waals surface area contributed by atoms with Crippen LogP contribution in [-0.4, -0.2) is 33.8 Å². The Labute approximate surface area is 110 Å². The van der Waals surface area contributed by atoms with Gasteiger partial charge in [0, 0.05) is 30.9 Å². The molecule has 2 N–H and O–H groups in total. The molecule has 1 saturated heterocycles. The number of nitrogens with two attached hydrogens (primary N) is 1. The first-order valence-electron chi connectivity index (χ1n) is 7.09. The molecule has 2 heterocycles. The van der Waals surface area contributed by atoms with Gasteiger partial charge in [0.15, 0.2) is 0 Å². The van der Waals surface area contributed by atoms with E-state index in [2.05, 4.69) is 30.0 Å². The zero-order chi connectivity index (χ0) is 13.1. The minimum absolute atomic E-state index is 0.454. The largest absolute Gasteiger partial charge is 0.330 e. The molecule has 1 fully saturated rings. The van der Waals surface area contributed by atoms with Crippen LogP contribution in [0.4, 0.5) is 0 Å². The summed E-state index contributed by atoms with van der Waals surface area (Å²) in [5.41, 5.74) is 8.27. The Morgan fingerprint density at radius 2 is 2.28 bits per heavy atom. The van der Waals surface area contributed by atoms with Crippen LogP contribution in [-0.2, 0) is 7.05 Å². The highest BCUT2D eigenvalue weighted by atomic mass is 15.3. The van der Waals surface area contributed by atoms with Gasteiger partial charge < -0.3 is 5.73 Å². The predicted octanol–water partition coefficient (Wildman–Crippen LogP) is 1.99. The zero-order valence-electron chi connectivity index (χ0n) is 11.9. The molecule has 4 heteroatoms. The summed E-state index contributed by atoms with van der Waals surface area (Å²) in [4.78, 5) is 2.63. The molecule has 1 aliphatic heterocycles. The van der Waals surface area contributed by atoms with Gasteiger partial charge in [-0.15, -0.1) is 0 Å². The fourth-order valence-electron chi connectivity index (χ4n) is 3.24. The molecule has 0 aromatic carbocycles. The van der Waals surface area contributed by atoms with Crippen molar-refractivity contribution in [3.05, 3.63) is 17.5 Å². The minimum Gasteiger partial charge on any atom is -0.330 e. The summed E-state index contributed by atoms with van der Waals surface area (Å²) < 4.78 is 1.92. The van der Waals surface area contributed by atoms with Crippen LogP contribution in [0.1, 0.15) is 49.9 Å². The third-order valence-corrected chi connectivity index (χ3v) is 4.17. The maximum atomic E-state index is 5.75. The number of hydrogen-bond acceptors (Lipinski definition) is 3. The first-order chi connectivity index (χ1) is 8.63. The standard InChI is InChI=1S/C14H26N4/c1-11-14(10-17(3)16-11)12(2)18-9-5-4-6-13(18)7-8-15/h10,12-13H,4-9,15H2,1-3H3. The topological polar surface area (TPSA) is 47.1 Å². The molecule has 0 saturated carbocycles. The van der Waals surface area contributed by atoms with Crippen molar-refractivity contribution in [2.75, 3.05) is 13.1 Å². The second kappa shape index (κ2) is 5.85. The predicted molar refractivity (Wildman–Crippen MR) is 74.4 cm³/mol. The fourth-order valence-corrected chi connectivity index (χ4v) is 3.24. The third-order valence-electron chi connectivity index (χ3n) is 4.17. The van der Waals surface area contributed by atoms with E-state index in [9.17, 15) is 0 Å². The van der Waals surface area contributed by atoms with Crippen molar-refractivity contribution < 1.29 is 0 Å². The van der Waals surface area contributed by atoms with Gasteiger partial charge in [-0.1, -0.05) is 6.42 Å². The van der Waals surface area contributed by atoms with Crippen molar-refractivity contribution in [1.82, 2.24) is 14.7 Å². The SMILES string of the molecule is Cc1nn(C)cc1C(C)N1CCCCC1CCN. The molecule has 2 unspecified atom stereocenters. The Bertz CT molecular complexity index is 383. The molecule has 0 amide bonds. The van der Waals surface area contributed by atoms with Gasteiger partial charge in [0.05, 0.1) is 5.69 Å². The number of nitrogens with zero attached hydrogens (tertiary/aromatic N) is 3. The van der Waals surface area contributed by atoms with Gasteiger partial charge in [-0.25, -0.2) is 0 Å². The molecule has 0 aliphatic carbocycles. The van der Waals surface area contributed by atoms with Crippen molar-refractivity contribution in [2.24, 2.45) is 12.8 Å². The number of rotatable bonds is 4. The van der Waals surface area contributed by atoms with E-state index in [-0.39, 0.29) is 0 Å². The molecular formula is C14H26N4. The normalized spacial score (nSPS) is 23.2. The second-order valence-corrected chi connectivity index (χ2v) is 5.48. The highest BCUT2D eigenvalue weighted by Crippen LogP contribution is 2.30. The maximum absolute atomic E-state index is 5.75. The van der Waals surface area contributed by atoms with Crippen LogP contribution in [0.25, 0.3) is 0 Å². The lowest BCUT2D eigenvalue weighted by Crippen LogP contribution is -2.42. The van der Waals surface area contributed by atoms with Gasteiger partial charge in [-0.2, -0.15) is 5.10 Å². The zero-order valence-corrected chi connectivity index (χ0v) is 11.9. The average molecular weight is 250 g/mol. The quantitative estimate of drug-likeness (QED) is 0.889. The Balaban J connectivity index is 2.15. The third kappa shape index (κ3) is 2.75. The minimum atomic E-state index is 0.454. The Kier molecular flexibility index (Phi) is 4.40. The molecule has 102 valence electrons. The van der Waals surface area contributed by atoms with Gasteiger partial charge in [-0.05, 0) is 46.2 Å². The average Bonchev–Trinajstić information content (AvgIpc) is 2.69. The highest BCUT2D eigenvalue weighted by molar-refractivity contribution is 5.19. The first-order valence-corrected chi connectivity index (χ1v) is 7.09. The van der Waals surface area contributed by atoms with Crippen molar-refractivity contribution in [3.8, 4) is 0 Å². The van der Waals surface area contributed by atoms with Crippen molar-refractivity contribution in [1.29, 1.82) is 0 Å². The lowest BCUT2D eigenvalue weighted by Gasteiger charge is -2.40. The lowest BCUT2D eigenvalue weighted by atomic mass is 9.95. The van der Waals surface area contributed by atoms with Crippen LogP contribution in [0, 0.1) is 6.92 Å². The van der Waals surface area contributed by atoms with E-state index >= 15 is 0 Å². The fraction of sp³-hybridized carbons (Fsp3) is 0.786. The molecule has 1 aliphatic rings. The van der Waals surface area contributed by atoms with E-state index in [4.69, 9.17) is 5.73 Å². The lowest BCUT2D eigenvalue weighted by molar-refractivity contribution is 0.0981. The Hall–Kier alpha value is -0.870. The van der Waals surface area contributed by atoms with Gasteiger partial charge in [-0.3, -0.25) is 9.58 Å². The van der Waals surface area contributed by atoms with Gasteiger partial charge in [0.2, 0.25) is 0 Å². The first kappa shape index (κ1) is 13.6. The number of aromatic nitrogens is 2. The molecule has 0 radical (unpaired) electrons. The molecule has 0 bridgehead atoms. The van der Waals surface area contributed by atoms with E-state index < -0.39 is 0 Å². The summed E-state index contributed by atoms with van der Waals surface area (Å²) in [6.07, 6.45) is 7.23. The summed E-state index contributed by atoms with van der Waals surface area (Å²) in [7, 11) is 2.00. The van der Waals surface area contributed by atoms with E-state index in [0.29, 0.717) is 12.1 Å². The van der Waals surface area contributed by atoms with Crippen LogP contribution < -0.4 is 5.73 Å². The van der Waals surface area contributed by atoms with E-state index in [1.54, 1.807) is 0 Å². The Morgan fingerprint density at radius 1 is 1.50 bits per heavy atom. The summed E-state index contributed by atoms with van der Waals surface area (Å²) in [6, 6.07) is 1.11. The van der Waals surface area contributed by atoms with Crippen LogP contribution in [0.2, 0.25) is 0 Å². The van der Waals surface area contributed by atoms with Crippen molar-refractivity contribution in [2.45, 2.75) is 51.6 Å². The summed E-state index contributed by atoms with van der Waals surface area (Å²) >= 11 is 0. The molecular weight excluding hydrogens is 224 g/mol. The molecule has 1 aromatic rings. The molecule has 2 rings (SSSR count). The molecule has 4 nitrogen and oxygen atoms in total. The van der Waals surface area contributed by atoms with Crippen molar-refractivity contribution in [3.63, 3.8) is 0 Å². The molecule has 18 heavy (non-hydrogen) atoms. The number of piperidine rings is 1. The van der Waals surface area contributed by atoms with Crippen LogP contribution in [0.15, 0.2) is 6.20 Å². The molecule has 0 spiro atoms. The van der Waals surface area contributed by atoms with Gasteiger partial charge in [0.25, 0.3) is 0 Å². The number of aryl methyl sites for hydroxylation is 2. The number of hydrogen-bond donors (Lipinski definition) is 1. The van der Waals surface area contributed by atoms with Crippen molar-refractivity contribution >= 4 is 0 Å². The van der Waals surface area contributed by atoms with Crippen LogP contribution in [0.5, 0.6) is 0 Å². The van der Waals surface area contributed by atoms with Gasteiger partial charge in [0.1, 0.15) is 0 Å². The maximum Gasteiger partial charge on any atom is 0.0641 e. The van der Waals surface area contributed by atoms with E-state index in [0.717, 1.165) is 18.7 Å². The highest BCUT2D eigenvalue weighted by Gasteiger charge is 2.28. The van der Waals surface area contributed by atoms with Crippen LogP contribution >= 0.6 is 0 Å². The van der Waals surface area contributed by atoms with E-state index in [1.807, 2.05) is 11.7 Å². The van der Waals surface area contributed by atoms with Gasteiger partial charge >= 0.3 is 0 Å². The second-order valence-electron chi connectivity index (χ2n) is 5.48. The van der Waals surface area contributed by atoms with E-state index in [1.165, 1.54) is 31.4 Å². The monoisotopic (exact) mass is 250 g/mol. The summed E-state index contributed by atoms with van der Waals surface area (Å²) in [5.74, 6) is 0. The summed E-state index contributed by atoms with van der Waals surface area (Å²) in [6.45, 7) is 6.40. The molecule has 2 atom stereocenters. The van der Waals surface area contributed by atoms with Crippen LogP contribution in [0.3, 0.4) is 0 Å². The number of likely N-dealkylation sites (tertiary alicyclic amines) is 1. The molecule has 1 aromatic heterocycles.